The number of hydrogen-bond acceptors (Lipinski definition) is 4. The second kappa shape index (κ2) is 5.46. The summed E-state index contributed by atoms with van der Waals surface area (Å²) in [6.45, 7) is 2.04. The zero-order valence-corrected chi connectivity index (χ0v) is 11.4. The maximum Gasteiger partial charge on any atom is 0.341 e. The van der Waals surface area contributed by atoms with Gasteiger partial charge in [0.05, 0.1) is 24.6 Å². The first kappa shape index (κ1) is 12.9. The zero-order chi connectivity index (χ0) is 13.9. The minimum absolute atomic E-state index is 0.365. The normalized spacial score (nSPS) is 18.1. The van der Waals surface area contributed by atoms with Gasteiger partial charge in [0.2, 0.25) is 0 Å². The van der Waals surface area contributed by atoms with Crippen molar-refractivity contribution in [2.75, 3.05) is 20.2 Å². The Hall–Kier alpha value is -2.14. The molecule has 0 spiro atoms. The van der Waals surface area contributed by atoms with E-state index < -0.39 is 0 Å². The van der Waals surface area contributed by atoms with Gasteiger partial charge in [-0.1, -0.05) is 18.2 Å². The van der Waals surface area contributed by atoms with Crippen LogP contribution in [0, 0.1) is 0 Å². The number of aromatic nitrogens is 2. The third kappa shape index (κ3) is 2.32. The van der Waals surface area contributed by atoms with Crippen molar-refractivity contribution in [2.24, 2.45) is 0 Å². The summed E-state index contributed by atoms with van der Waals surface area (Å²) in [6.07, 6.45) is 4.38. The topological polar surface area (TPSA) is 56.1 Å². The molecule has 1 aliphatic heterocycles. The quantitative estimate of drug-likeness (QED) is 0.864. The fraction of sp³-hybridized carbons (Fsp3) is 0.333. The molecule has 3 rings (SSSR count). The lowest BCUT2D eigenvalue weighted by Gasteiger charge is -2.14. The lowest BCUT2D eigenvalue weighted by Crippen LogP contribution is -2.10. The lowest BCUT2D eigenvalue weighted by molar-refractivity contribution is 0.0600. The molecule has 5 heteroatoms. The number of rotatable bonds is 3. The van der Waals surface area contributed by atoms with Gasteiger partial charge in [-0.05, 0) is 30.5 Å². The summed E-state index contributed by atoms with van der Waals surface area (Å²) < 4.78 is 6.46. The summed E-state index contributed by atoms with van der Waals surface area (Å²) in [5, 5.41) is 7.66. The first-order valence-corrected chi connectivity index (χ1v) is 6.72. The van der Waals surface area contributed by atoms with E-state index in [2.05, 4.69) is 16.5 Å². The lowest BCUT2D eigenvalue weighted by atomic mass is 9.96. The summed E-state index contributed by atoms with van der Waals surface area (Å²) in [6, 6.07) is 8.19. The average molecular weight is 271 g/mol. The molecule has 2 aromatic rings. The molecular formula is C15H17N3O2. The number of benzene rings is 1. The maximum atomic E-state index is 11.5. The average Bonchev–Trinajstić information content (AvgIpc) is 3.17. The molecule has 0 saturated carbocycles. The summed E-state index contributed by atoms with van der Waals surface area (Å²) in [4.78, 5) is 11.5. The van der Waals surface area contributed by atoms with Crippen molar-refractivity contribution in [3.05, 3.63) is 47.8 Å². The van der Waals surface area contributed by atoms with Crippen molar-refractivity contribution >= 4 is 5.97 Å². The highest BCUT2D eigenvalue weighted by Crippen LogP contribution is 2.27. The Morgan fingerprint density at radius 2 is 2.30 bits per heavy atom. The minimum atomic E-state index is -0.365. The maximum absolute atomic E-state index is 11.5. The SMILES string of the molecule is COC(=O)c1cnn(-c2ccccc2C2CCNC2)c1. The van der Waals surface area contributed by atoms with Crippen LogP contribution in [-0.2, 0) is 4.74 Å². The summed E-state index contributed by atoms with van der Waals surface area (Å²) >= 11 is 0. The van der Waals surface area contributed by atoms with E-state index in [0.29, 0.717) is 11.5 Å². The molecule has 5 nitrogen and oxygen atoms in total. The fourth-order valence-corrected chi connectivity index (χ4v) is 2.64. The van der Waals surface area contributed by atoms with E-state index in [1.807, 2.05) is 18.2 Å². The van der Waals surface area contributed by atoms with Gasteiger partial charge in [-0.25, -0.2) is 9.48 Å². The van der Waals surface area contributed by atoms with E-state index in [1.165, 1.54) is 18.9 Å². The fourth-order valence-electron chi connectivity index (χ4n) is 2.64. The molecule has 1 aliphatic rings. The molecule has 2 heterocycles. The Balaban J connectivity index is 1.97. The Morgan fingerprint density at radius 1 is 1.45 bits per heavy atom. The molecule has 1 saturated heterocycles. The summed E-state index contributed by atoms with van der Waals surface area (Å²) in [5.41, 5.74) is 2.75. The molecule has 1 unspecified atom stereocenters. The smallest absolute Gasteiger partial charge is 0.341 e. The number of para-hydroxylation sites is 1. The second-order valence-corrected chi connectivity index (χ2v) is 4.91. The van der Waals surface area contributed by atoms with Crippen molar-refractivity contribution in [3.8, 4) is 5.69 Å². The van der Waals surface area contributed by atoms with Crippen LogP contribution in [0.3, 0.4) is 0 Å². The van der Waals surface area contributed by atoms with Crippen LogP contribution in [0.15, 0.2) is 36.7 Å². The zero-order valence-electron chi connectivity index (χ0n) is 11.4. The standard InChI is InChI=1S/C15H17N3O2/c1-20-15(19)12-9-17-18(10-12)14-5-3-2-4-13(14)11-6-7-16-8-11/h2-5,9-11,16H,6-8H2,1H3. The van der Waals surface area contributed by atoms with Crippen molar-refractivity contribution in [1.29, 1.82) is 0 Å². The summed E-state index contributed by atoms with van der Waals surface area (Å²) in [7, 11) is 1.37. The number of carbonyl (C=O) groups is 1. The van der Waals surface area contributed by atoms with Crippen LogP contribution in [-0.4, -0.2) is 35.9 Å². The Labute approximate surface area is 117 Å². The highest BCUT2D eigenvalue weighted by Gasteiger charge is 2.20. The molecule has 104 valence electrons. The molecule has 20 heavy (non-hydrogen) atoms. The Morgan fingerprint density at radius 3 is 3.05 bits per heavy atom. The summed E-state index contributed by atoms with van der Waals surface area (Å²) in [5.74, 6) is 0.133. The molecular weight excluding hydrogens is 254 g/mol. The third-order valence-corrected chi connectivity index (χ3v) is 3.69. The van der Waals surface area contributed by atoms with Gasteiger partial charge in [0, 0.05) is 12.7 Å². The highest BCUT2D eigenvalue weighted by molar-refractivity contribution is 5.88. The number of carbonyl (C=O) groups excluding carboxylic acids is 1. The number of methoxy groups -OCH3 is 1. The van der Waals surface area contributed by atoms with E-state index in [4.69, 9.17) is 4.74 Å². The monoisotopic (exact) mass is 271 g/mol. The number of nitrogens with zero attached hydrogens (tertiary/aromatic N) is 2. The van der Waals surface area contributed by atoms with Crippen molar-refractivity contribution < 1.29 is 9.53 Å². The number of esters is 1. The van der Waals surface area contributed by atoms with E-state index in [-0.39, 0.29) is 5.97 Å². The Kier molecular flexibility index (Phi) is 3.52. The molecule has 1 N–H and O–H groups in total. The number of nitrogens with one attached hydrogen (secondary N) is 1. The molecule has 0 radical (unpaired) electrons. The van der Waals surface area contributed by atoms with Crippen LogP contribution >= 0.6 is 0 Å². The van der Waals surface area contributed by atoms with Gasteiger partial charge in [0.1, 0.15) is 0 Å². The van der Waals surface area contributed by atoms with E-state index in [1.54, 1.807) is 10.9 Å². The molecule has 1 fully saturated rings. The Bertz CT molecular complexity index is 615. The number of ether oxygens (including phenoxy) is 1. The van der Waals surface area contributed by atoms with Gasteiger partial charge in [-0.2, -0.15) is 5.10 Å². The van der Waals surface area contributed by atoms with Crippen molar-refractivity contribution in [1.82, 2.24) is 15.1 Å². The molecule has 0 amide bonds. The van der Waals surface area contributed by atoms with Crippen LogP contribution in [0.1, 0.15) is 28.3 Å². The van der Waals surface area contributed by atoms with E-state index in [0.717, 1.165) is 25.2 Å². The third-order valence-electron chi connectivity index (χ3n) is 3.69. The first-order chi connectivity index (χ1) is 9.79. The van der Waals surface area contributed by atoms with Crippen LogP contribution in [0.5, 0.6) is 0 Å². The van der Waals surface area contributed by atoms with Crippen molar-refractivity contribution in [2.45, 2.75) is 12.3 Å². The second-order valence-electron chi connectivity index (χ2n) is 4.91. The predicted molar refractivity (Wildman–Crippen MR) is 75.1 cm³/mol. The van der Waals surface area contributed by atoms with Gasteiger partial charge in [0.15, 0.2) is 0 Å². The van der Waals surface area contributed by atoms with Gasteiger partial charge >= 0.3 is 5.97 Å². The predicted octanol–water partition coefficient (Wildman–Crippen LogP) is 1.74. The van der Waals surface area contributed by atoms with E-state index in [9.17, 15) is 4.79 Å². The molecule has 1 atom stereocenters. The van der Waals surface area contributed by atoms with Gasteiger partial charge in [-0.3, -0.25) is 0 Å². The van der Waals surface area contributed by atoms with Crippen LogP contribution < -0.4 is 5.32 Å². The molecule has 1 aromatic heterocycles. The molecule has 0 bridgehead atoms. The largest absolute Gasteiger partial charge is 0.465 e. The van der Waals surface area contributed by atoms with Crippen molar-refractivity contribution in [3.63, 3.8) is 0 Å². The first-order valence-electron chi connectivity index (χ1n) is 6.72. The number of hydrogen-bond donors (Lipinski definition) is 1. The highest BCUT2D eigenvalue weighted by atomic mass is 16.5. The van der Waals surface area contributed by atoms with Crippen LogP contribution in [0.25, 0.3) is 5.69 Å². The van der Waals surface area contributed by atoms with Crippen LogP contribution in [0.2, 0.25) is 0 Å². The van der Waals surface area contributed by atoms with Crippen LogP contribution in [0.4, 0.5) is 0 Å². The van der Waals surface area contributed by atoms with E-state index >= 15 is 0 Å². The van der Waals surface area contributed by atoms with Gasteiger partial charge in [0.25, 0.3) is 0 Å². The van der Waals surface area contributed by atoms with Gasteiger partial charge < -0.3 is 10.1 Å². The molecule has 0 aliphatic carbocycles. The minimum Gasteiger partial charge on any atom is -0.465 e. The van der Waals surface area contributed by atoms with Gasteiger partial charge in [-0.15, -0.1) is 0 Å². The molecule has 1 aromatic carbocycles.